The van der Waals surface area contributed by atoms with E-state index in [2.05, 4.69) is 36.6 Å². The van der Waals surface area contributed by atoms with Gasteiger partial charge in [-0.1, -0.05) is 18.2 Å². The summed E-state index contributed by atoms with van der Waals surface area (Å²) in [4.78, 5) is 18.7. The molecule has 2 aromatic carbocycles. The van der Waals surface area contributed by atoms with Crippen LogP contribution in [0.3, 0.4) is 0 Å². The molecule has 0 bridgehead atoms. The molecule has 28 heavy (non-hydrogen) atoms. The third-order valence-corrected chi connectivity index (χ3v) is 5.66. The molecule has 1 aliphatic rings. The van der Waals surface area contributed by atoms with E-state index in [4.69, 9.17) is 9.72 Å². The van der Waals surface area contributed by atoms with Crippen LogP contribution in [0.4, 0.5) is 0 Å². The Balaban J connectivity index is 1.48. The molecule has 4 rings (SSSR count). The van der Waals surface area contributed by atoms with Crippen LogP contribution in [0.25, 0.3) is 11.0 Å². The molecule has 0 spiro atoms. The van der Waals surface area contributed by atoms with E-state index in [-0.39, 0.29) is 11.8 Å². The molecule has 5 heteroatoms. The van der Waals surface area contributed by atoms with Crippen LogP contribution in [0.1, 0.15) is 35.7 Å². The Morgan fingerprint density at radius 3 is 2.71 bits per heavy atom. The predicted octanol–water partition coefficient (Wildman–Crippen LogP) is 4.07. The van der Waals surface area contributed by atoms with E-state index in [1.54, 1.807) is 4.90 Å². The van der Waals surface area contributed by atoms with E-state index in [1.807, 2.05) is 31.3 Å². The molecule has 1 atom stereocenters. The second-order valence-electron chi connectivity index (χ2n) is 7.73. The monoisotopic (exact) mass is 377 g/mol. The van der Waals surface area contributed by atoms with E-state index in [0.29, 0.717) is 13.0 Å². The molecule has 5 nitrogen and oxygen atoms in total. The van der Waals surface area contributed by atoms with Crippen molar-refractivity contribution in [3.05, 3.63) is 59.4 Å². The summed E-state index contributed by atoms with van der Waals surface area (Å²) in [6.07, 6.45) is 1.43. The van der Waals surface area contributed by atoms with Crippen LogP contribution in [0.5, 0.6) is 5.75 Å². The first-order valence-electron chi connectivity index (χ1n) is 9.92. The average molecular weight is 377 g/mol. The zero-order valence-electron chi connectivity index (χ0n) is 16.8. The number of ether oxygens (including phenoxy) is 1. The fourth-order valence-electron chi connectivity index (χ4n) is 3.89. The molecule has 146 valence electrons. The summed E-state index contributed by atoms with van der Waals surface area (Å²) < 4.78 is 8.23. The lowest BCUT2D eigenvalue weighted by molar-refractivity contribution is -0.126. The van der Waals surface area contributed by atoms with Crippen LogP contribution in [-0.4, -0.2) is 40.6 Å². The number of imidazole rings is 1. The number of likely N-dealkylation sites (N-methyl/N-ethyl adjacent to an activating group) is 1. The first-order valence-corrected chi connectivity index (χ1v) is 9.92. The maximum absolute atomic E-state index is 12.0. The minimum absolute atomic E-state index is 0.158. The highest BCUT2D eigenvalue weighted by Gasteiger charge is 2.31. The maximum Gasteiger partial charge on any atom is 0.223 e. The molecule has 1 fully saturated rings. The second kappa shape index (κ2) is 7.66. The third-order valence-electron chi connectivity index (χ3n) is 5.66. The van der Waals surface area contributed by atoms with Crippen molar-refractivity contribution >= 4 is 16.9 Å². The summed E-state index contributed by atoms with van der Waals surface area (Å²) in [6.45, 7) is 6.43. The average Bonchev–Trinajstić information content (AvgIpc) is 3.22. The first kappa shape index (κ1) is 18.5. The Labute approximate surface area is 165 Å². The highest BCUT2D eigenvalue weighted by atomic mass is 16.5. The van der Waals surface area contributed by atoms with E-state index >= 15 is 0 Å². The first-order chi connectivity index (χ1) is 13.5. The van der Waals surface area contributed by atoms with Crippen LogP contribution >= 0.6 is 0 Å². The molecular formula is C23H27N3O2. The number of benzene rings is 2. The molecule has 0 aliphatic carbocycles. The fraction of sp³-hybridized carbons (Fsp3) is 0.391. The third kappa shape index (κ3) is 3.61. The lowest BCUT2D eigenvalue weighted by Gasteiger charge is -2.14. The summed E-state index contributed by atoms with van der Waals surface area (Å²) in [5, 5.41) is 0. The van der Waals surface area contributed by atoms with Crippen molar-refractivity contribution in [2.75, 3.05) is 20.2 Å². The quantitative estimate of drug-likeness (QED) is 0.609. The zero-order chi connectivity index (χ0) is 19.7. The van der Waals surface area contributed by atoms with Crippen LogP contribution in [0.15, 0.2) is 42.5 Å². The number of fused-ring (bicyclic) bond motifs is 1. The van der Waals surface area contributed by atoms with Crippen LogP contribution in [0.2, 0.25) is 0 Å². The summed E-state index contributed by atoms with van der Waals surface area (Å²) in [5.74, 6) is 2.29. The van der Waals surface area contributed by atoms with Gasteiger partial charge in [0, 0.05) is 32.5 Å². The smallest absolute Gasteiger partial charge is 0.223 e. The van der Waals surface area contributed by atoms with Gasteiger partial charge < -0.3 is 14.2 Å². The normalized spacial score (nSPS) is 16.9. The largest absolute Gasteiger partial charge is 0.494 e. The number of para-hydroxylation sites is 2. The van der Waals surface area contributed by atoms with Crippen molar-refractivity contribution in [3.63, 3.8) is 0 Å². The van der Waals surface area contributed by atoms with Gasteiger partial charge in [0.25, 0.3) is 0 Å². The highest BCUT2D eigenvalue weighted by Crippen LogP contribution is 2.30. The number of likely N-dealkylation sites (tertiary alicyclic amines) is 1. The number of rotatable bonds is 6. The van der Waals surface area contributed by atoms with Crippen molar-refractivity contribution in [2.24, 2.45) is 0 Å². The van der Waals surface area contributed by atoms with E-state index < -0.39 is 0 Å². The van der Waals surface area contributed by atoms with Gasteiger partial charge in [0.05, 0.1) is 17.6 Å². The maximum atomic E-state index is 12.0. The van der Waals surface area contributed by atoms with Crippen molar-refractivity contribution in [1.29, 1.82) is 0 Å². The molecule has 1 saturated heterocycles. The van der Waals surface area contributed by atoms with E-state index in [9.17, 15) is 4.79 Å². The van der Waals surface area contributed by atoms with Gasteiger partial charge in [0.1, 0.15) is 11.6 Å². The van der Waals surface area contributed by atoms with Crippen molar-refractivity contribution < 1.29 is 9.53 Å². The van der Waals surface area contributed by atoms with Crippen molar-refractivity contribution in [1.82, 2.24) is 14.5 Å². The molecule has 0 saturated carbocycles. The molecule has 1 aromatic heterocycles. The number of amides is 1. The van der Waals surface area contributed by atoms with Crippen LogP contribution in [-0.2, 0) is 11.3 Å². The Morgan fingerprint density at radius 1 is 1.14 bits per heavy atom. The van der Waals surface area contributed by atoms with E-state index in [0.717, 1.165) is 42.1 Å². The van der Waals surface area contributed by atoms with Crippen molar-refractivity contribution in [3.8, 4) is 5.75 Å². The topological polar surface area (TPSA) is 47.4 Å². The number of carbonyl (C=O) groups is 1. The number of aryl methyl sites for hydroxylation is 3. The predicted molar refractivity (Wildman–Crippen MR) is 111 cm³/mol. The number of carbonyl (C=O) groups excluding carboxylic acids is 1. The van der Waals surface area contributed by atoms with Gasteiger partial charge in [-0.3, -0.25) is 4.79 Å². The molecule has 3 aromatic rings. The summed E-state index contributed by atoms with van der Waals surface area (Å²) in [5.41, 5.74) is 4.65. The van der Waals surface area contributed by atoms with Gasteiger partial charge in [-0.2, -0.15) is 0 Å². The molecule has 1 aliphatic heterocycles. The Hall–Kier alpha value is -2.82. The highest BCUT2D eigenvalue weighted by molar-refractivity contribution is 5.80. The number of hydrogen-bond acceptors (Lipinski definition) is 3. The van der Waals surface area contributed by atoms with Crippen LogP contribution in [0, 0.1) is 13.8 Å². The number of aromatic nitrogens is 2. The van der Waals surface area contributed by atoms with Gasteiger partial charge >= 0.3 is 0 Å². The minimum Gasteiger partial charge on any atom is -0.494 e. The SMILES string of the molecule is Cc1ccc(OCCCn2c(C3CC(=O)N(C)C3)nc3ccccc32)cc1C. The molecular weight excluding hydrogens is 350 g/mol. The lowest BCUT2D eigenvalue weighted by Crippen LogP contribution is -2.19. The standard InChI is InChI=1S/C23H27N3O2/c1-16-9-10-19(13-17(16)2)28-12-6-11-26-21-8-5-4-7-20(21)24-23(26)18-14-22(27)25(3)15-18/h4-5,7-10,13,18H,6,11-12,14-15H2,1-3H3. The fourth-order valence-corrected chi connectivity index (χ4v) is 3.89. The molecule has 2 heterocycles. The Kier molecular flexibility index (Phi) is 5.07. The number of hydrogen-bond donors (Lipinski definition) is 0. The van der Waals surface area contributed by atoms with E-state index in [1.165, 1.54) is 11.1 Å². The van der Waals surface area contributed by atoms with Gasteiger partial charge in [-0.25, -0.2) is 4.98 Å². The molecule has 1 unspecified atom stereocenters. The minimum atomic E-state index is 0.158. The Morgan fingerprint density at radius 2 is 1.96 bits per heavy atom. The molecule has 1 amide bonds. The summed E-state index contributed by atoms with van der Waals surface area (Å²) in [6, 6.07) is 14.4. The molecule has 0 radical (unpaired) electrons. The summed E-state index contributed by atoms with van der Waals surface area (Å²) in [7, 11) is 1.87. The lowest BCUT2D eigenvalue weighted by atomic mass is 10.1. The zero-order valence-corrected chi connectivity index (χ0v) is 16.8. The van der Waals surface area contributed by atoms with Gasteiger partial charge in [-0.15, -0.1) is 0 Å². The molecule has 0 N–H and O–H groups in total. The van der Waals surface area contributed by atoms with Gasteiger partial charge in [0.2, 0.25) is 5.91 Å². The van der Waals surface area contributed by atoms with Gasteiger partial charge in [0.15, 0.2) is 0 Å². The Bertz CT molecular complexity index is 1010. The second-order valence-corrected chi connectivity index (χ2v) is 7.73. The van der Waals surface area contributed by atoms with Crippen LogP contribution < -0.4 is 4.74 Å². The number of nitrogens with zero attached hydrogens (tertiary/aromatic N) is 3. The summed E-state index contributed by atoms with van der Waals surface area (Å²) >= 11 is 0. The van der Waals surface area contributed by atoms with Crippen molar-refractivity contribution in [2.45, 2.75) is 39.2 Å². The van der Waals surface area contributed by atoms with Gasteiger partial charge in [-0.05, 0) is 55.7 Å².